The van der Waals surface area contributed by atoms with Gasteiger partial charge in [-0.05, 0) is 75.9 Å². The molecule has 2 amide bonds. The number of amides is 2. The fraction of sp³-hybridized carbons (Fsp3) is 0.222. The first-order chi connectivity index (χ1) is 15.2. The lowest BCUT2D eigenvalue weighted by molar-refractivity contribution is 0.0962. The molecule has 164 valence electrons. The minimum atomic E-state index is -0.174. The third-order valence-electron chi connectivity index (χ3n) is 5.59. The molecule has 0 aliphatic rings. The highest BCUT2D eigenvalue weighted by Gasteiger charge is 2.14. The smallest absolute Gasteiger partial charge is 0.256 e. The van der Waals surface area contributed by atoms with E-state index in [9.17, 15) is 9.59 Å². The average molecular weight is 428 g/mol. The third kappa shape index (κ3) is 4.78. The predicted octanol–water partition coefficient (Wildman–Crippen LogP) is 3.43. The summed E-state index contributed by atoms with van der Waals surface area (Å²) in [5.41, 5.74) is 6.29. The molecule has 5 nitrogen and oxygen atoms in total. The van der Waals surface area contributed by atoms with Crippen molar-refractivity contribution in [3.63, 3.8) is 0 Å². The minimum Gasteiger partial charge on any atom is -0.325 e. The van der Waals surface area contributed by atoms with Crippen LogP contribution in [-0.2, 0) is 0 Å². The Morgan fingerprint density at radius 3 is 1.56 bits per heavy atom. The highest BCUT2D eigenvalue weighted by atomic mass is 16.2. The molecule has 5 heteroatoms. The van der Waals surface area contributed by atoms with Crippen molar-refractivity contribution in [2.24, 2.45) is 0 Å². The topological polar surface area (TPSA) is 71.1 Å². The van der Waals surface area contributed by atoms with Gasteiger partial charge in [0.2, 0.25) is 0 Å². The second kappa shape index (κ2) is 9.60. The highest BCUT2D eigenvalue weighted by Crippen LogP contribution is 2.14. The molecule has 0 radical (unpaired) electrons. The Balaban J connectivity index is 2.02. The van der Waals surface area contributed by atoms with Gasteiger partial charge in [0.05, 0.1) is 5.35 Å². The summed E-state index contributed by atoms with van der Waals surface area (Å²) >= 11 is 0. The molecule has 1 heterocycles. The van der Waals surface area contributed by atoms with Gasteiger partial charge < -0.3 is 10.6 Å². The molecule has 0 unspecified atom stereocenters. The number of hydrogen-bond acceptors (Lipinski definition) is 3. The van der Waals surface area contributed by atoms with E-state index in [1.807, 2.05) is 90.1 Å². The van der Waals surface area contributed by atoms with Gasteiger partial charge in [0.25, 0.3) is 11.8 Å². The molecule has 0 saturated heterocycles. The van der Waals surface area contributed by atoms with Gasteiger partial charge in [-0.25, -0.2) is 0 Å². The molecular formula is C27H29N3O2. The number of pyridine rings is 1. The van der Waals surface area contributed by atoms with Crippen LogP contribution in [0, 0.1) is 27.7 Å². The van der Waals surface area contributed by atoms with Crippen LogP contribution in [-0.4, -0.2) is 16.8 Å². The van der Waals surface area contributed by atoms with Crippen LogP contribution in [0.4, 0.5) is 0 Å². The van der Waals surface area contributed by atoms with E-state index in [0.717, 1.165) is 27.5 Å². The summed E-state index contributed by atoms with van der Waals surface area (Å²) in [5.74, 6) is -0.336. The molecule has 1 aromatic heterocycles. The van der Waals surface area contributed by atoms with Crippen LogP contribution in [0.2, 0.25) is 0 Å². The number of nitrogens with zero attached hydrogens (tertiary/aromatic N) is 1. The maximum absolute atomic E-state index is 13.0. The number of nitrogens with one attached hydrogen (secondary N) is 2. The minimum absolute atomic E-state index is 0.162. The Kier molecular flexibility index (Phi) is 6.89. The molecule has 32 heavy (non-hydrogen) atoms. The molecule has 0 atom stereocenters. The number of carbonyl (C=O) groups is 2. The van der Waals surface area contributed by atoms with Crippen molar-refractivity contribution in [2.45, 2.75) is 41.5 Å². The van der Waals surface area contributed by atoms with Gasteiger partial charge in [-0.15, -0.1) is 0 Å². The van der Waals surface area contributed by atoms with Crippen molar-refractivity contribution in [1.82, 2.24) is 15.6 Å². The number of aromatic nitrogens is 1. The maximum atomic E-state index is 13.0. The summed E-state index contributed by atoms with van der Waals surface area (Å²) in [6.45, 7) is 11.3. The molecule has 0 bridgehead atoms. The molecule has 0 fully saturated rings. The molecule has 0 aliphatic heterocycles. The van der Waals surface area contributed by atoms with Gasteiger partial charge >= 0.3 is 0 Å². The number of rotatable bonds is 4. The van der Waals surface area contributed by atoms with Crippen molar-refractivity contribution in [1.29, 1.82) is 0 Å². The lowest BCUT2D eigenvalue weighted by Gasteiger charge is -2.12. The Labute approximate surface area is 188 Å². The fourth-order valence-corrected chi connectivity index (χ4v) is 3.94. The maximum Gasteiger partial charge on any atom is 0.256 e. The van der Waals surface area contributed by atoms with E-state index in [0.29, 0.717) is 27.9 Å². The molecule has 2 aromatic carbocycles. The Morgan fingerprint density at radius 1 is 0.656 bits per heavy atom. The van der Waals surface area contributed by atoms with Crippen molar-refractivity contribution >= 4 is 23.2 Å². The van der Waals surface area contributed by atoms with Crippen LogP contribution < -0.4 is 21.2 Å². The Morgan fingerprint density at radius 2 is 1.09 bits per heavy atom. The van der Waals surface area contributed by atoms with Crippen LogP contribution in [0.3, 0.4) is 0 Å². The lowest BCUT2D eigenvalue weighted by Crippen LogP contribution is -2.40. The second-order valence-corrected chi connectivity index (χ2v) is 8.09. The first-order valence-corrected chi connectivity index (χ1v) is 10.6. The number of carbonyl (C=O) groups excluding carboxylic acids is 2. The summed E-state index contributed by atoms with van der Waals surface area (Å²) < 4.78 is 0. The van der Waals surface area contributed by atoms with Crippen LogP contribution >= 0.6 is 0 Å². The molecule has 2 N–H and O–H groups in total. The highest BCUT2D eigenvalue weighted by molar-refractivity contribution is 6.01. The van der Waals surface area contributed by atoms with Gasteiger partial charge in [0, 0.05) is 33.9 Å². The zero-order chi connectivity index (χ0) is 23.4. The van der Waals surface area contributed by atoms with Crippen molar-refractivity contribution in [2.75, 3.05) is 0 Å². The molecule has 3 aromatic rings. The SMILES string of the molecule is CC(NC(=O)c1c(C)cccc1C)=c1cccnc1=C(C)NC(=O)c1c(C)cccc1C. The van der Waals surface area contributed by atoms with Gasteiger partial charge in [-0.2, -0.15) is 0 Å². The first kappa shape index (κ1) is 22.9. The van der Waals surface area contributed by atoms with Gasteiger partial charge in [-0.1, -0.05) is 36.4 Å². The van der Waals surface area contributed by atoms with Crippen LogP contribution in [0.5, 0.6) is 0 Å². The van der Waals surface area contributed by atoms with Crippen molar-refractivity contribution < 1.29 is 9.59 Å². The third-order valence-corrected chi connectivity index (χ3v) is 5.59. The second-order valence-electron chi connectivity index (χ2n) is 8.09. The summed E-state index contributed by atoms with van der Waals surface area (Å²) in [6, 6.07) is 15.3. The summed E-state index contributed by atoms with van der Waals surface area (Å²) in [4.78, 5) is 30.4. The average Bonchev–Trinajstić information content (AvgIpc) is 2.73. The predicted molar refractivity (Wildman–Crippen MR) is 128 cm³/mol. The van der Waals surface area contributed by atoms with E-state index in [-0.39, 0.29) is 11.8 Å². The lowest BCUT2D eigenvalue weighted by atomic mass is 10.0. The van der Waals surface area contributed by atoms with Crippen molar-refractivity contribution in [3.8, 4) is 0 Å². The standard InChI is InChI=1S/C27H29N3O2/c1-16-10-7-11-17(2)23(16)26(31)29-20(5)22-14-9-15-28-25(22)21(6)30-27(32)24-18(3)12-8-13-19(24)4/h7-15H,1-6H3,(H,29,31)(H,30,32). The summed E-state index contributed by atoms with van der Waals surface area (Å²) in [5, 5.41) is 7.36. The van der Waals surface area contributed by atoms with Crippen molar-refractivity contribution in [3.05, 3.63) is 98.7 Å². The van der Waals surface area contributed by atoms with Crippen LogP contribution in [0.1, 0.15) is 56.8 Å². The molecular weight excluding hydrogens is 398 g/mol. The number of aryl methyl sites for hydroxylation is 4. The van der Waals surface area contributed by atoms with E-state index in [4.69, 9.17) is 0 Å². The van der Waals surface area contributed by atoms with E-state index < -0.39 is 0 Å². The normalized spacial score (nSPS) is 12.7. The quantitative estimate of drug-likeness (QED) is 0.670. The van der Waals surface area contributed by atoms with E-state index in [1.54, 1.807) is 6.20 Å². The zero-order valence-electron chi connectivity index (χ0n) is 19.5. The van der Waals surface area contributed by atoms with Gasteiger partial charge in [-0.3, -0.25) is 14.6 Å². The van der Waals surface area contributed by atoms with Gasteiger partial charge in [0.15, 0.2) is 0 Å². The molecule has 3 rings (SSSR count). The van der Waals surface area contributed by atoms with E-state index in [1.165, 1.54) is 0 Å². The molecule has 0 aliphatic carbocycles. The Hall–Kier alpha value is -3.73. The largest absolute Gasteiger partial charge is 0.325 e. The van der Waals surface area contributed by atoms with Crippen LogP contribution in [0.15, 0.2) is 54.7 Å². The van der Waals surface area contributed by atoms with E-state index >= 15 is 0 Å². The molecule has 0 saturated carbocycles. The Bertz CT molecular complexity index is 1180. The van der Waals surface area contributed by atoms with E-state index in [2.05, 4.69) is 15.6 Å². The van der Waals surface area contributed by atoms with Crippen LogP contribution in [0.25, 0.3) is 11.4 Å². The van der Waals surface area contributed by atoms with Gasteiger partial charge in [0.1, 0.15) is 0 Å². The number of benzene rings is 2. The number of hydrogen-bond donors (Lipinski definition) is 2. The summed E-state index contributed by atoms with van der Waals surface area (Å²) in [6.07, 6.45) is 1.67. The fourth-order valence-electron chi connectivity index (χ4n) is 3.94. The molecule has 0 spiro atoms. The first-order valence-electron chi connectivity index (χ1n) is 10.6. The zero-order valence-corrected chi connectivity index (χ0v) is 19.5. The monoisotopic (exact) mass is 427 g/mol. The summed E-state index contributed by atoms with van der Waals surface area (Å²) in [7, 11) is 0.